The molecule has 7 heteroatoms. The van der Waals surface area contributed by atoms with E-state index in [0.717, 1.165) is 0 Å². The molecule has 1 aromatic heterocycles. The number of hydrogen-bond acceptors (Lipinski definition) is 6. The molecule has 0 fully saturated rings. The Labute approximate surface area is 131 Å². The van der Waals surface area contributed by atoms with E-state index in [1.54, 1.807) is 31.2 Å². The van der Waals surface area contributed by atoms with Crippen molar-refractivity contribution in [3.8, 4) is 16.9 Å². The van der Waals surface area contributed by atoms with Gasteiger partial charge < -0.3 is 20.0 Å². The van der Waals surface area contributed by atoms with E-state index in [4.69, 9.17) is 14.9 Å². The minimum absolute atomic E-state index is 0.0534. The van der Waals surface area contributed by atoms with E-state index in [1.165, 1.54) is 12.3 Å². The summed E-state index contributed by atoms with van der Waals surface area (Å²) >= 11 is 0. The summed E-state index contributed by atoms with van der Waals surface area (Å²) < 4.78 is 10.7. The topological polar surface area (TPSA) is 112 Å². The number of nitrogens with two attached hydrogens (primary N) is 1. The Morgan fingerprint density at radius 3 is 2.83 bits per heavy atom. The van der Waals surface area contributed by atoms with Crippen molar-refractivity contribution in [1.82, 2.24) is 0 Å². The highest BCUT2D eigenvalue weighted by Gasteiger charge is 2.29. The molecular formula is C16H14N2O5. The number of aryl methyl sites for hydroxylation is 1. The van der Waals surface area contributed by atoms with Gasteiger partial charge in [-0.25, -0.2) is 0 Å². The number of furan rings is 1. The van der Waals surface area contributed by atoms with Crippen LogP contribution in [-0.2, 0) is 4.74 Å². The van der Waals surface area contributed by atoms with Gasteiger partial charge in [0.1, 0.15) is 0 Å². The first-order chi connectivity index (χ1) is 11.0. The zero-order valence-corrected chi connectivity index (χ0v) is 12.3. The largest absolute Gasteiger partial charge is 0.504 e. The van der Waals surface area contributed by atoms with Gasteiger partial charge in [0, 0.05) is 5.56 Å². The summed E-state index contributed by atoms with van der Waals surface area (Å²) in [6.45, 7) is 1.62. The lowest BCUT2D eigenvalue weighted by Crippen LogP contribution is -1.96. The number of benzene rings is 1. The van der Waals surface area contributed by atoms with Gasteiger partial charge in [-0.05, 0) is 31.6 Å². The maximum atomic E-state index is 11.4. The Morgan fingerprint density at radius 1 is 1.39 bits per heavy atom. The molecule has 23 heavy (non-hydrogen) atoms. The van der Waals surface area contributed by atoms with E-state index >= 15 is 0 Å². The molecular weight excluding hydrogens is 300 g/mol. The fourth-order valence-electron chi connectivity index (χ4n) is 2.52. The maximum absolute atomic E-state index is 11.4. The number of ether oxygens (including phenoxy) is 1. The Morgan fingerprint density at radius 2 is 2.17 bits per heavy atom. The quantitative estimate of drug-likeness (QED) is 0.659. The van der Waals surface area contributed by atoms with Crippen molar-refractivity contribution >= 4 is 17.3 Å². The average Bonchev–Trinajstić information content (AvgIpc) is 2.82. The van der Waals surface area contributed by atoms with Gasteiger partial charge in [-0.3, -0.25) is 10.1 Å². The van der Waals surface area contributed by atoms with Crippen LogP contribution in [-0.4, -0.2) is 10.0 Å². The van der Waals surface area contributed by atoms with Crippen LogP contribution in [0.1, 0.15) is 17.7 Å². The molecule has 0 radical (unpaired) electrons. The van der Waals surface area contributed by atoms with E-state index in [9.17, 15) is 15.2 Å². The van der Waals surface area contributed by atoms with Crippen LogP contribution in [0.3, 0.4) is 0 Å². The monoisotopic (exact) mass is 314 g/mol. The normalized spacial score (nSPS) is 13.5. The van der Waals surface area contributed by atoms with Crippen LogP contribution in [0.25, 0.3) is 16.9 Å². The summed E-state index contributed by atoms with van der Waals surface area (Å²) in [4.78, 5) is 10.8. The number of aromatic hydroxyl groups is 1. The molecule has 7 nitrogen and oxygen atoms in total. The molecule has 0 amide bonds. The average molecular weight is 314 g/mol. The molecule has 0 saturated heterocycles. The minimum Gasteiger partial charge on any atom is -0.504 e. The van der Waals surface area contributed by atoms with Crippen molar-refractivity contribution in [3.05, 3.63) is 58.1 Å². The third-order valence-electron chi connectivity index (χ3n) is 3.55. The minimum atomic E-state index is -0.505. The summed E-state index contributed by atoms with van der Waals surface area (Å²) in [5.74, 6) is -0.0149. The summed E-state index contributed by atoms with van der Waals surface area (Å²) in [6.07, 6.45) is 5.60. The van der Waals surface area contributed by atoms with Gasteiger partial charge in [0.15, 0.2) is 11.5 Å². The molecule has 3 rings (SSSR count). The Bertz CT molecular complexity index is 848. The zero-order chi connectivity index (χ0) is 16.6. The van der Waals surface area contributed by atoms with Crippen molar-refractivity contribution < 1.29 is 19.2 Å². The summed E-state index contributed by atoms with van der Waals surface area (Å²) in [5.41, 5.74) is 6.48. The Balaban J connectivity index is 2.19. The third-order valence-corrected chi connectivity index (χ3v) is 3.55. The molecule has 1 aliphatic rings. The van der Waals surface area contributed by atoms with Crippen molar-refractivity contribution in [2.45, 2.75) is 13.3 Å². The van der Waals surface area contributed by atoms with Crippen molar-refractivity contribution in [1.29, 1.82) is 0 Å². The van der Waals surface area contributed by atoms with Crippen LogP contribution in [0.15, 0.2) is 41.0 Å². The zero-order valence-electron chi connectivity index (χ0n) is 12.3. The highest BCUT2D eigenvalue weighted by atomic mass is 16.6. The lowest BCUT2D eigenvalue weighted by molar-refractivity contribution is -0.384. The van der Waals surface area contributed by atoms with Crippen LogP contribution in [0.5, 0.6) is 5.75 Å². The van der Waals surface area contributed by atoms with E-state index in [2.05, 4.69) is 0 Å². The van der Waals surface area contributed by atoms with Gasteiger partial charge >= 0.3 is 0 Å². The fraction of sp³-hybridized carbons (Fsp3) is 0.125. The molecule has 0 saturated carbocycles. The number of hydrogen-bond donors (Lipinski definition) is 2. The smallest absolute Gasteiger partial charge is 0.280 e. The van der Waals surface area contributed by atoms with Crippen molar-refractivity contribution in [2.75, 3.05) is 5.73 Å². The number of allylic oxidation sites excluding steroid dienone is 2. The van der Waals surface area contributed by atoms with Crippen LogP contribution < -0.4 is 5.73 Å². The molecule has 0 aliphatic carbocycles. The van der Waals surface area contributed by atoms with Crippen LogP contribution in [0, 0.1) is 17.0 Å². The second-order valence-electron chi connectivity index (χ2n) is 5.04. The third kappa shape index (κ3) is 2.42. The first kappa shape index (κ1) is 14.7. The number of anilines is 1. The summed E-state index contributed by atoms with van der Waals surface area (Å²) in [6, 6.07) is 4.79. The van der Waals surface area contributed by atoms with E-state index in [-0.39, 0.29) is 34.2 Å². The van der Waals surface area contributed by atoms with Crippen LogP contribution in [0.2, 0.25) is 0 Å². The predicted octanol–water partition coefficient (Wildman–Crippen LogP) is 3.73. The Hall–Kier alpha value is -3.22. The number of nitrogens with zero attached hydrogens (tertiary/aromatic N) is 1. The molecule has 1 aromatic carbocycles. The molecule has 118 valence electrons. The number of nitro groups is 1. The van der Waals surface area contributed by atoms with Crippen LogP contribution >= 0.6 is 0 Å². The molecule has 0 atom stereocenters. The first-order valence-corrected chi connectivity index (χ1v) is 6.88. The highest BCUT2D eigenvalue weighted by molar-refractivity contribution is 5.89. The van der Waals surface area contributed by atoms with Crippen LogP contribution in [0.4, 0.5) is 11.6 Å². The Kier molecular flexibility index (Phi) is 3.53. The molecule has 0 unspecified atom stereocenters. The molecule has 3 N–H and O–H groups in total. The number of nitrogen functional groups attached to an aromatic ring is 1. The van der Waals surface area contributed by atoms with E-state index in [1.807, 2.05) is 0 Å². The molecule has 1 aliphatic heterocycles. The molecule has 0 bridgehead atoms. The second kappa shape index (κ2) is 5.53. The SMILES string of the molecule is Cc1cccc(-c2c(N)oc(C3=CCC=CO3)c2O)c1[N+](=O)[O-]. The lowest BCUT2D eigenvalue weighted by atomic mass is 10.0. The van der Waals surface area contributed by atoms with E-state index < -0.39 is 4.92 Å². The summed E-state index contributed by atoms with van der Waals surface area (Å²) in [7, 11) is 0. The van der Waals surface area contributed by atoms with Gasteiger partial charge in [-0.1, -0.05) is 12.1 Å². The molecule has 0 spiro atoms. The maximum Gasteiger partial charge on any atom is 0.280 e. The van der Waals surface area contributed by atoms with Crippen molar-refractivity contribution in [3.63, 3.8) is 0 Å². The second-order valence-corrected chi connectivity index (χ2v) is 5.04. The van der Waals surface area contributed by atoms with Gasteiger partial charge in [-0.2, -0.15) is 0 Å². The highest BCUT2D eigenvalue weighted by Crippen LogP contribution is 2.47. The fourth-order valence-corrected chi connectivity index (χ4v) is 2.52. The standard InChI is InChI=1S/C16H14N2O5/c1-9-5-4-6-10(13(9)18(20)21)12-14(19)15(23-16(12)17)11-7-2-3-8-22-11/h3-8,19H,2,17H2,1H3. The number of nitro benzene ring substituents is 1. The summed E-state index contributed by atoms with van der Waals surface area (Å²) in [5, 5.41) is 21.8. The molecule has 2 aromatic rings. The van der Waals surface area contributed by atoms with Gasteiger partial charge in [0.25, 0.3) is 5.69 Å². The van der Waals surface area contributed by atoms with E-state index in [0.29, 0.717) is 17.7 Å². The lowest BCUT2D eigenvalue weighted by Gasteiger charge is -2.07. The van der Waals surface area contributed by atoms with Gasteiger partial charge in [0.2, 0.25) is 11.6 Å². The van der Waals surface area contributed by atoms with Crippen molar-refractivity contribution in [2.24, 2.45) is 0 Å². The molecule has 2 heterocycles. The first-order valence-electron chi connectivity index (χ1n) is 6.88. The predicted molar refractivity (Wildman–Crippen MR) is 84.4 cm³/mol. The number of para-hydroxylation sites is 1. The van der Waals surface area contributed by atoms with Gasteiger partial charge in [-0.15, -0.1) is 0 Å². The van der Waals surface area contributed by atoms with Gasteiger partial charge in [0.05, 0.1) is 22.3 Å². The number of rotatable bonds is 3.